The SMILES string of the molecule is Br.N.N.N.N. The summed E-state index contributed by atoms with van der Waals surface area (Å²) in [4.78, 5) is 0. The Hall–Kier alpha value is 0.320. The zero-order chi connectivity index (χ0) is 0. The molecular formula is H13BrN4. The fourth-order valence-electron chi connectivity index (χ4n) is 0. The van der Waals surface area contributed by atoms with Crippen molar-refractivity contribution in [1.29, 1.82) is 0 Å². The fraction of sp³-hybridized carbons (Fsp3) is 0. The van der Waals surface area contributed by atoms with Crippen molar-refractivity contribution in [2.24, 2.45) is 0 Å². The lowest BCUT2D eigenvalue weighted by atomic mass is 14.0. The molecule has 0 fully saturated rings. The van der Waals surface area contributed by atoms with Gasteiger partial charge in [0.25, 0.3) is 0 Å². The van der Waals surface area contributed by atoms with Crippen molar-refractivity contribution in [2.45, 2.75) is 0 Å². The molecule has 0 heterocycles. The molecule has 0 spiro atoms. The predicted octanol–water partition coefficient (Wildman–Crippen LogP) is 1.23. The summed E-state index contributed by atoms with van der Waals surface area (Å²) in [6.45, 7) is 0. The van der Waals surface area contributed by atoms with Crippen molar-refractivity contribution in [3.05, 3.63) is 0 Å². The second-order valence-corrected chi connectivity index (χ2v) is 0. The van der Waals surface area contributed by atoms with Crippen molar-refractivity contribution >= 4 is 17.0 Å². The number of rotatable bonds is 0. The molecule has 0 rings (SSSR count). The van der Waals surface area contributed by atoms with Gasteiger partial charge in [-0.15, -0.1) is 17.0 Å². The van der Waals surface area contributed by atoms with Crippen LogP contribution in [-0.2, 0) is 0 Å². The van der Waals surface area contributed by atoms with E-state index in [0.29, 0.717) is 0 Å². The molecule has 0 aliphatic rings. The molecule has 4 nitrogen and oxygen atoms in total. The van der Waals surface area contributed by atoms with Gasteiger partial charge in [0, 0.05) is 0 Å². The van der Waals surface area contributed by atoms with Crippen molar-refractivity contribution in [3.63, 3.8) is 0 Å². The van der Waals surface area contributed by atoms with Gasteiger partial charge in [0.05, 0.1) is 0 Å². The highest BCUT2D eigenvalue weighted by Crippen LogP contribution is 0.846. The lowest BCUT2D eigenvalue weighted by Crippen LogP contribution is -0.482. The van der Waals surface area contributed by atoms with Crippen LogP contribution in [0.4, 0.5) is 0 Å². The second-order valence-electron chi connectivity index (χ2n) is 0. The van der Waals surface area contributed by atoms with Crippen LogP contribution in [0.25, 0.3) is 0 Å². The van der Waals surface area contributed by atoms with Crippen LogP contribution < -0.4 is 24.6 Å². The maximum absolute atomic E-state index is 0. The van der Waals surface area contributed by atoms with Crippen LogP contribution in [0.15, 0.2) is 0 Å². The molecule has 12 N–H and O–H groups in total. The van der Waals surface area contributed by atoms with Crippen LogP contribution >= 0.6 is 17.0 Å². The molecule has 0 aromatic heterocycles. The Morgan fingerprint density at radius 2 is 0.400 bits per heavy atom. The third-order valence-corrected chi connectivity index (χ3v) is 0. The Morgan fingerprint density at radius 1 is 0.400 bits per heavy atom. The number of hydrogen-bond donors (Lipinski definition) is 4. The quantitative estimate of drug-likeness (QED) is 0.410. The van der Waals surface area contributed by atoms with Gasteiger partial charge in [-0.1, -0.05) is 0 Å². The molecule has 0 unspecified atom stereocenters. The van der Waals surface area contributed by atoms with Crippen LogP contribution in [0.5, 0.6) is 0 Å². The predicted molar refractivity (Wildman–Crippen MR) is 30.4 cm³/mol. The minimum absolute atomic E-state index is 0. The van der Waals surface area contributed by atoms with Gasteiger partial charge < -0.3 is 24.6 Å². The third kappa shape index (κ3) is 227. The summed E-state index contributed by atoms with van der Waals surface area (Å²) >= 11 is 0. The third-order valence-electron chi connectivity index (χ3n) is 0. The molecule has 0 aromatic carbocycles. The molecule has 0 saturated carbocycles. The van der Waals surface area contributed by atoms with Gasteiger partial charge in [0.1, 0.15) is 0 Å². The highest BCUT2D eigenvalue weighted by Gasteiger charge is -0.114. The van der Waals surface area contributed by atoms with Crippen LogP contribution in [0.3, 0.4) is 0 Å². The minimum atomic E-state index is 0. The molecule has 0 bridgehead atoms. The molecule has 0 aliphatic heterocycles. The molecule has 0 atom stereocenters. The maximum Gasteiger partial charge on any atom is -0.114 e. The van der Waals surface area contributed by atoms with Crippen LogP contribution in [-0.4, -0.2) is 0 Å². The van der Waals surface area contributed by atoms with Crippen molar-refractivity contribution in [2.75, 3.05) is 0 Å². The van der Waals surface area contributed by atoms with Crippen LogP contribution in [0.2, 0.25) is 0 Å². The standard InChI is InChI=1S/BrH.4H3N/h1H;4*1H3. The summed E-state index contributed by atoms with van der Waals surface area (Å²) in [6.07, 6.45) is 0. The summed E-state index contributed by atoms with van der Waals surface area (Å²) in [5.41, 5.74) is 0. The van der Waals surface area contributed by atoms with Gasteiger partial charge in [-0.05, 0) is 0 Å². The Labute approximate surface area is 42.4 Å². The van der Waals surface area contributed by atoms with Gasteiger partial charge >= 0.3 is 0 Å². The molecule has 40 valence electrons. The number of hydrogen-bond acceptors (Lipinski definition) is 4. The summed E-state index contributed by atoms with van der Waals surface area (Å²) in [7, 11) is 0. The summed E-state index contributed by atoms with van der Waals surface area (Å²) in [5, 5.41) is 0. The van der Waals surface area contributed by atoms with E-state index in [0.717, 1.165) is 0 Å². The normalized spacial score (nSPS) is 0. The second kappa shape index (κ2) is 465. The van der Waals surface area contributed by atoms with Gasteiger partial charge in [-0.2, -0.15) is 0 Å². The molecule has 5 heavy (non-hydrogen) atoms. The van der Waals surface area contributed by atoms with E-state index in [1.165, 1.54) is 0 Å². The van der Waals surface area contributed by atoms with Crippen molar-refractivity contribution < 1.29 is 0 Å². The summed E-state index contributed by atoms with van der Waals surface area (Å²) in [6, 6.07) is 0. The monoisotopic (exact) mass is 148 g/mol. The van der Waals surface area contributed by atoms with Crippen LogP contribution in [0, 0.1) is 0 Å². The molecule has 5 heteroatoms. The van der Waals surface area contributed by atoms with E-state index in [4.69, 9.17) is 0 Å². The van der Waals surface area contributed by atoms with E-state index in [9.17, 15) is 0 Å². The lowest BCUT2D eigenvalue weighted by Gasteiger charge is -0.345. The topological polar surface area (TPSA) is 140 Å². The van der Waals surface area contributed by atoms with Crippen molar-refractivity contribution in [3.8, 4) is 0 Å². The maximum atomic E-state index is 0. The van der Waals surface area contributed by atoms with E-state index < -0.39 is 0 Å². The Bertz CT molecular complexity index is 3.61. The molecule has 0 saturated heterocycles. The first-order chi connectivity index (χ1) is 0. The van der Waals surface area contributed by atoms with Gasteiger partial charge in [0.15, 0.2) is 0 Å². The molecule has 0 aromatic rings. The summed E-state index contributed by atoms with van der Waals surface area (Å²) in [5.74, 6) is 0. The lowest BCUT2D eigenvalue weighted by molar-refractivity contribution is 2.13. The van der Waals surface area contributed by atoms with E-state index in [1.807, 2.05) is 0 Å². The van der Waals surface area contributed by atoms with E-state index >= 15 is 0 Å². The fourth-order valence-corrected chi connectivity index (χ4v) is 0. The number of halogens is 1. The highest BCUT2D eigenvalue weighted by atomic mass is 79.9. The average Bonchev–Trinajstić information content (AvgIpc) is 0. The first-order valence-corrected chi connectivity index (χ1v) is 0. The van der Waals surface area contributed by atoms with E-state index in [2.05, 4.69) is 0 Å². The summed E-state index contributed by atoms with van der Waals surface area (Å²) < 4.78 is 0. The zero-order valence-electron chi connectivity index (χ0n) is 3.24. The largest absolute Gasteiger partial charge is 0.344 e. The zero-order valence-corrected chi connectivity index (χ0v) is 4.95. The van der Waals surface area contributed by atoms with Gasteiger partial charge in [-0.3, -0.25) is 0 Å². The first kappa shape index (κ1) is 970. The Kier molecular flexibility index (Phi) is 90200. The highest BCUT2D eigenvalue weighted by molar-refractivity contribution is 8.93. The molecule has 0 amide bonds. The minimum Gasteiger partial charge on any atom is -0.344 e. The molecular weight excluding hydrogens is 136 g/mol. The van der Waals surface area contributed by atoms with Gasteiger partial charge in [0.2, 0.25) is 0 Å². The van der Waals surface area contributed by atoms with E-state index in [1.54, 1.807) is 0 Å². The Morgan fingerprint density at radius 3 is 0.400 bits per heavy atom. The average molecular weight is 149 g/mol. The Balaban J connectivity index is 0. The first-order valence-electron chi connectivity index (χ1n) is 0. The molecule has 0 aliphatic carbocycles. The van der Waals surface area contributed by atoms with Crippen LogP contribution in [0.1, 0.15) is 0 Å². The van der Waals surface area contributed by atoms with Gasteiger partial charge in [-0.25, -0.2) is 0 Å². The van der Waals surface area contributed by atoms with Crippen molar-refractivity contribution in [1.82, 2.24) is 24.6 Å². The van der Waals surface area contributed by atoms with E-state index in [-0.39, 0.29) is 41.6 Å². The molecule has 0 radical (unpaired) electrons. The smallest absolute Gasteiger partial charge is 0.114 e.